The third kappa shape index (κ3) is 3.48. The summed E-state index contributed by atoms with van der Waals surface area (Å²) in [4.78, 5) is 49.2. The second-order valence-corrected chi connectivity index (χ2v) is 6.64. The minimum atomic E-state index is -0.632. The zero-order chi connectivity index (χ0) is 22.1. The van der Waals surface area contributed by atoms with Crippen LogP contribution < -0.4 is 15.0 Å². The molecule has 9 heteroatoms. The first-order valence-corrected chi connectivity index (χ1v) is 9.12. The van der Waals surface area contributed by atoms with Crippen molar-refractivity contribution in [1.29, 1.82) is 0 Å². The predicted octanol–water partition coefficient (Wildman–Crippen LogP) is 3.66. The highest BCUT2D eigenvalue weighted by Crippen LogP contribution is 2.30. The van der Waals surface area contributed by atoms with Crippen molar-refractivity contribution in [2.24, 2.45) is 0 Å². The normalized spacial score (nSPS) is 12.5. The van der Waals surface area contributed by atoms with Crippen LogP contribution in [0.15, 0.2) is 66.7 Å². The van der Waals surface area contributed by atoms with E-state index in [1.807, 2.05) is 0 Å². The van der Waals surface area contributed by atoms with E-state index in [0.717, 1.165) is 11.0 Å². The average Bonchev–Trinajstić information content (AvgIpc) is 3.04. The number of hydrogen-bond donors (Lipinski definition) is 1. The van der Waals surface area contributed by atoms with E-state index in [1.165, 1.54) is 43.5 Å². The van der Waals surface area contributed by atoms with Crippen molar-refractivity contribution in [3.05, 3.63) is 93.5 Å². The van der Waals surface area contributed by atoms with Gasteiger partial charge in [0, 0.05) is 17.3 Å². The maximum Gasteiger partial charge on any atom is 0.311 e. The number of nitrogens with one attached hydrogen (secondary N) is 1. The molecule has 0 saturated heterocycles. The highest BCUT2D eigenvalue weighted by Gasteiger charge is 2.36. The van der Waals surface area contributed by atoms with Gasteiger partial charge in [0.15, 0.2) is 5.75 Å². The molecule has 3 amide bonds. The Morgan fingerprint density at radius 3 is 2.13 bits per heavy atom. The fourth-order valence-electron chi connectivity index (χ4n) is 3.29. The maximum atomic E-state index is 12.6. The summed E-state index contributed by atoms with van der Waals surface area (Å²) in [6, 6.07) is 16.6. The number of nitro benzene ring substituents is 1. The Morgan fingerprint density at radius 1 is 0.968 bits per heavy atom. The van der Waals surface area contributed by atoms with Crippen molar-refractivity contribution in [3.63, 3.8) is 0 Å². The summed E-state index contributed by atoms with van der Waals surface area (Å²) in [6.45, 7) is 0. The van der Waals surface area contributed by atoms with Crippen LogP contribution in [0.1, 0.15) is 31.1 Å². The van der Waals surface area contributed by atoms with Gasteiger partial charge >= 0.3 is 5.69 Å². The highest BCUT2D eigenvalue weighted by molar-refractivity contribution is 6.34. The number of carbonyl (C=O) groups is 3. The molecule has 0 aromatic heterocycles. The molecule has 4 rings (SSSR count). The van der Waals surface area contributed by atoms with Gasteiger partial charge in [-0.2, -0.15) is 0 Å². The predicted molar refractivity (Wildman–Crippen MR) is 112 cm³/mol. The number of nitrogens with zero attached hydrogens (tertiary/aromatic N) is 2. The number of carbonyl (C=O) groups excluding carboxylic acids is 3. The summed E-state index contributed by atoms with van der Waals surface area (Å²) < 4.78 is 4.93. The van der Waals surface area contributed by atoms with Crippen LogP contribution in [-0.4, -0.2) is 29.8 Å². The van der Waals surface area contributed by atoms with Crippen LogP contribution in [0.5, 0.6) is 5.75 Å². The number of nitro groups is 1. The molecular formula is C22H15N3O6. The van der Waals surface area contributed by atoms with E-state index in [9.17, 15) is 24.5 Å². The number of amides is 3. The monoisotopic (exact) mass is 417 g/mol. The minimum Gasteiger partial charge on any atom is -0.490 e. The minimum absolute atomic E-state index is 0.0480. The number of benzene rings is 3. The molecule has 1 N–H and O–H groups in total. The molecule has 1 heterocycles. The second-order valence-electron chi connectivity index (χ2n) is 6.64. The number of methoxy groups -OCH3 is 1. The Kier molecular flexibility index (Phi) is 4.92. The number of fused-ring (bicyclic) bond motifs is 1. The van der Waals surface area contributed by atoms with Crippen LogP contribution in [0, 0.1) is 10.1 Å². The van der Waals surface area contributed by atoms with Gasteiger partial charge in [-0.3, -0.25) is 24.5 Å². The van der Waals surface area contributed by atoms with Gasteiger partial charge in [0.1, 0.15) is 0 Å². The van der Waals surface area contributed by atoms with Gasteiger partial charge < -0.3 is 10.1 Å². The van der Waals surface area contributed by atoms with Crippen LogP contribution in [0.2, 0.25) is 0 Å². The molecule has 31 heavy (non-hydrogen) atoms. The molecule has 0 fully saturated rings. The molecule has 0 unspecified atom stereocenters. The number of hydrogen-bond acceptors (Lipinski definition) is 6. The van der Waals surface area contributed by atoms with Crippen molar-refractivity contribution in [1.82, 2.24) is 0 Å². The molecule has 0 spiro atoms. The van der Waals surface area contributed by atoms with Gasteiger partial charge in [-0.25, -0.2) is 4.90 Å². The van der Waals surface area contributed by atoms with Crippen molar-refractivity contribution in [2.45, 2.75) is 0 Å². The van der Waals surface area contributed by atoms with Gasteiger partial charge in [-0.1, -0.05) is 12.1 Å². The van der Waals surface area contributed by atoms with E-state index in [0.29, 0.717) is 22.5 Å². The summed E-state index contributed by atoms with van der Waals surface area (Å²) in [6.07, 6.45) is 0. The summed E-state index contributed by atoms with van der Waals surface area (Å²) in [7, 11) is 1.30. The van der Waals surface area contributed by atoms with Gasteiger partial charge in [0.25, 0.3) is 17.7 Å². The smallest absolute Gasteiger partial charge is 0.311 e. The largest absolute Gasteiger partial charge is 0.490 e. The fourth-order valence-corrected chi connectivity index (χ4v) is 3.29. The van der Waals surface area contributed by atoms with Crippen LogP contribution in [-0.2, 0) is 0 Å². The van der Waals surface area contributed by atoms with Crippen molar-refractivity contribution in [2.75, 3.05) is 17.3 Å². The third-order valence-corrected chi connectivity index (χ3v) is 4.82. The third-order valence-electron chi connectivity index (χ3n) is 4.82. The Balaban J connectivity index is 1.53. The van der Waals surface area contributed by atoms with E-state index < -0.39 is 22.6 Å². The molecule has 0 saturated carbocycles. The van der Waals surface area contributed by atoms with Crippen molar-refractivity contribution >= 4 is 34.8 Å². The Morgan fingerprint density at radius 2 is 1.58 bits per heavy atom. The average molecular weight is 417 g/mol. The van der Waals surface area contributed by atoms with E-state index in [-0.39, 0.29) is 17.0 Å². The Labute approximate surface area is 176 Å². The quantitative estimate of drug-likeness (QED) is 0.384. The number of anilines is 2. The first kappa shape index (κ1) is 19.8. The topological polar surface area (TPSA) is 119 Å². The van der Waals surface area contributed by atoms with Crippen molar-refractivity contribution in [3.8, 4) is 5.75 Å². The lowest BCUT2D eigenvalue weighted by Crippen LogP contribution is -2.29. The van der Waals surface area contributed by atoms with Gasteiger partial charge in [0.05, 0.1) is 28.8 Å². The van der Waals surface area contributed by atoms with Crippen molar-refractivity contribution < 1.29 is 24.0 Å². The van der Waals surface area contributed by atoms with Crippen LogP contribution >= 0.6 is 0 Å². The van der Waals surface area contributed by atoms with E-state index in [4.69, 9.17) is 4.74 Å². The lowest BCUT2D eigenvalue weighted by molar-refractivity contribution is -0.385. The summed E-state index contributed by atoms with van der Waals surface area (Å²) in [5.74, 6) is -1.34. The number of rotatable bonds is 5. The summed E-state index contributed by atoms with van der Waals surface area (Å²) in [5, 5.41) is 13.8. The molecule has 1 aliphatic rings. The molecule has 0 bridgehead atoms. The zero-order valence-corrected chi connectivity index (χ0v) is 16.2. The number of ether oxygens (including phenoxy) is 1. The Bertz CT molecular complexity index is 1200. The molecule has 154 valence electrons. The fraction of sp³-hybridized carbons (Fsp3) is 0.0455. The molecule has 0 atom stereocenters. The second kappa shape index (κ2) is 7.71. The summed E-state index contributed by atoms with van der Waals surface area (Å²) >= 11 is 0. The van der Waals surface area contributed by atoms with E-state index in [2.05, 4.69) is 5.32 Å². The molecule has 9 nitrogen and oxygen atoms in total. The maximum absolute atomic E-state index is 12.6. The standard InChI is InChI=1S/C22H15N3O6/c1-31-19-11-6-13(12-18(19)25(29)30)20(26)23-14-7-9-15(10-8-14)24-21(27)16-4-2-3-5-17(16)22(24)28/h2-12H,1H3,(H,23,26). The first-order valence-electron chi connectivity index (χ1n) is 9.12. The van der Waals surface area contributed by atoms with Gasteiger partial charge in [0.2, 0.25) is 0 Å². The molecule has 3 aromatic carbocycles. The molecule has 0 aliphatic carbocycles. The lowest BCUT2D eigenvalue weighted by atomic mass is 10.1. The number of imide groups is 1. The summed E-state index contributed by atoms with van der Waals surface area (Å²) in [5.41, 5.74) is 1.19. The van der Waals surface area contributed by atoms with E-state index in [1.54, 1.807) is 24.3 Å². The Hall–Kier alpha value is -4.53. The van der Waals surface area contributed by atoms with Crippen LogP contribution in [0.3, 0.4) is 0 Å². The SMILES string of the molecule is COc1ccc(C(=O)Nc2ccc(N3C(=O)c4ccccc4C3=O)cc2)cc1[N+](=O)[O-]. The van der Waals surface area contributed by atoms with Gasteiger partial charge in [-0.15, -0.1) is 0 Å². The first-order chi connectivity index (χ1) is 14.9. The molecular weight excluding hydrogens is 402 g/mol. The van der Waals surface area contributed by atoms with E-state index >= 15 is 0 Å². The van der Waals surface area contributed by atoms with Crippen LogP contribution in [0.25, 0.3) is 0 Å². The highest BCUT2D eigenvalue weighted by atomic mass is 16.6. The molecule has 3 aromatic rings. The molecule has 1 aliphatic heterocycles. The lowest BCUT2D eigenvalue weighted by Gasteiger charge is -2.14. The van der Waals surface area contributed by atoms with Crippen LogP contribution in [0.4, 0.5) is 17.1 Å². The zero-order valence-electron chi connectivity index (χ0n) is 16.2. The van der Waals surface area contributed by atoms with Gasteiger partial charge in [-0.05, 0) is 48.5 Å². The molecule has 0 radical (unpaired) electrons.